The summed E-state index contributed by atoms with van der Waals surface area (Å²) in [4.78, 5) is 5.68. The summed E-state index contributed by atoms with van der Waals surface area (Å²) in [6.07, 6.45) is -2.17. The first-order chi connectivity index (χ1) is 13.5. The zero-order valence-corrected chi connectivity index (χ0v) is 17.4. The van der Waals surface area contributed by atoms with Crippen LogP contribution < -0.4 is 0 Å². The van der Waals surface area contributed by atoms with Crippen molar-refractivity contribution in [3.05, 3.63) is 23.5 Å². The predicted octanol–water partition coefficient (Wildman–Crippen LogP) is 2.53. The first-order valence-corrected chi connectivity index (χ1v) is 11.3. The number of sulfonamides is 1. The van der Waals surface area contributed by atoms with Gasteiger partial charge in [-0.05, 0) is 44.7 Å². The Hall–Kier alpha value is -1.23. The summed E-state index contributed by atoms with van der Waals surface area (Å²) in [5.41, 5.74) is -1.22. The van der Waals surface area contributed by atoms with Gasteiger partial charge in [0.2, 0.25) is 10.0 Å². The van der Waals surface area contributed by atoms with E-state index in [2.05, 4.69) is 16.8 Å². The number of ether oxygens (including phenoxy) is 1. The van der Waals surface area contributed by atoms with Crippen molar-refractivity contribution in [1.82, 2.24) is 14.2 Å². The Kier molecular flexibility index (Phi) is 5.20. The van der Waals surface area contributed by atoms with Gasteiger partial charge in [0.15, 0.2) is 0 Å². The molecule has 3 aliphatic heterocycles. The van der Waals surface area contributed by atoms with Gasteiger partial charge in [-0.3, -0.25) is 0 Å². The second-order valence-electron chi connectivity index (χ2n) is 8.79. The third-order valence-corrected chi connectivity index (χ3v) is 8.12. The van der Waals surface area contributed by atoms with Gasteiger partial charge in [0, 0.05) is 44.7 Å². The van der Waals surface area contributed by atoms with Gasteiger partial charge in [0.05, 0.1) is 11.8 Å². The molecule has 1 aromatic rings. The number of nitrogens with zero attached hydrogens (tertiary/aromatic N) is 3. The Morgan fingerprint density at radius 3 is 2.52 bits per heavy atom. The van der Waals surface area contributed by atoms with Gasteiger partial charge in [-0.2, -0.15) is 17.5 Å². The number of halogens is 3. The maximum absolute atomic E-state index is 12.8. The van der Waals surface area contributed by atoms with Crippen LogP contribution in [0.15, 0.2) is 17.0 Å². The molecule has 1 aromatic heterocycles. The minimum Gasteiger partial charge on any atom is -0.378 e. The fraction of sp³-hybridized carbons (Fsp3) is 0.737. The van der Waals surface area contributed by atoms with Gasteiger partial charge in [0.25, 0.3) is 0 Å². The molecule has 162 valence electrons. The lowest BCUT2D eigenvalue weighted by Crippen LogP contribution is -2.73. The van der Waals surface area contributed by atoms with Crippen LogP contribution in [0.4, 0.5) is 13.2 Å². The molecule has 4 heterocycles. The van der Waals surface area contributed by atoms with Crippen LogP contribution in [0.5, 0.6) is 0 Å². The minimum atomic E-state index is -4.59. The van der Waals surface area contributed by atoms with E-state index in [0.29, 0.717) is 25.1 Å². The van der Waals surface area contributed by atoms with Crippen LogP contribution in [0.2, 0.25) is 0 Å². The van der Waals surface area contributed by atoms with Crippen molar-refractivity contribution in [2.45, 2.75) is 43.9 Å². The van der Waals surface area contributed by atoms with Crippen LogP contribution in [-0.2, 0) is 20.9 Å². The summed E-state index contributed by atoms with van der Waals surface area (Å²) in [7, 11) is -3.83. The maximum atomic E-state index is 12.8. The lowest BCUT2D eigenvalue weighted by Gasteiger charge is -2.60. The highest BCUT2D eigenvalue weighted by atomic mass is 32.2. The molecule has 1 spiro atoms. The summed E-state index contributed by atoms with van der Waals surface area (Å²) in [6.45, 7) is 7.78. The highest BCUT2D eigenvalue weighted by Gasteiger charge is 2.55. The van der Waals surface area contributed by atoms with Crippen molar-refractivity contribution in [2.75, 3.05) is 39.3 Å². The molecule has 0 radical (unpaired) electrons. The van der Waals surface area contributed by atoms with E-state index in [1.807, 2.05) is 0 Å². The monoisotopic (exact) mass is 433 g/mol. The average molecular weight is 433 g/mol. The molecule has 3 fully saturated rings. The zero-order chi connectivity index (χ0) is 21.0. The number of aryl methyl sites for hydroxylation is 1. The Labute approximate surface area is 169 Å². The Balaban J connectivity index is 1.34. The van der Waals surface area contributed by atoms with Crippen LogP contribution in [0.25, 0.3) is 0 Å². The van der Waals surface area contributed by atoms with E-state index in [1.165, 1.54) is 11.2 Å². The molecule has 3 aliphatic rings. The van der Waals surface area contributed by atoms with Gasteiger partial charge in [-0.15, -0.1) is 0 Å². The molecular formula is C19H26F3N3O3S. The Morgan fingerprint density at radius 1 is 1.24 bits per heavy atom. The van der Waals surface area contributed by atoms with E-state index in [4.69, 9.17) is 4.74 Å². The van der Waals surface area contributed by atoms with Gasteiger partial charge in [0.1, 0.15) is 10.6 Å². The second kappa shape index (κ2) is 7.18. The predicted molar refractivity (Wildman–Crippen MR) is 99.7 cm³/mol. The number of alkyl halides is 3. The molecular weight excluding hydrogens is 407 g/mol. The number of rotatable bonds is 4. The molecule has 3 saturated heterocycles. The lowest BCUT2D eigenvalue weighted by atomic mass is 9.74. The van der Waals surface area contributed by atoms with E-state index < -0.39 is 21.9 Å². The van der Waals surface area contributed by atoms with E-state index in [9.17, 15) is 21.6 Å². The molecule has 0 aromatic carbocycles. The molecule has 10 heteroatoms. The summed E-state index contributed by atoms with van der Waals surface area (Å²) in [5.74, 6) is 0.622. The highest BCUT2D eigenvalue weighted by Crippen LogP contribution is 2.43. The molecule has 0 N–H and O–H groups in total. The number of hydrogen-bond donors (Lipinski definition) is 0. The highest BCUT2D eigenvalue weighted by molar-refractivity contribution is 7.89. The van der Waals surface area contributed by atoms with Gasteiger partial charge in [-0.25, -0.2) is 13.4 Å². The molecule has 2 unspecified atom stereocenters. The molecule has 6 nitrogen and oxygen atoms in total. The molecule has 29 heavy (non-hydrogen) atoms. The van der Waals surface area contributed by atoms with Gasteiger partial charge < -0.3 is 9.64 Å². The largest absolute Gasteiger partial charge is 0.433 e. The zero-order valence-electron chi connectivity index (χ0n) is 16.6. The van der Waals surface area contributed by atoms with Crippen molar-refractivity contribution in [3.8, 4) is 0 Å². The summed E-state index contributed by atoms with van der Waals surface area (Å²) >= 11 is 0. The normalized spacial score (nSPS) is 28.2. The lowest BCUT2D eigenvalue weighted by molar-refractivity contribution is -0.141. The third-order valence-electron chi connectivity index (χ3n) is 6.20. The molecule has 0 amide bonds. The van der Waals surface area contributed by atoms with E-state index in [-0.39, 0.29) is 16.0 Å². The Morgan fingerprint density at radius 2 is 1.93 bits per heavy atom. The molecule has 0 saturated carbocycles. The summed E-state index contributed by atoms with van der Waals surface area (Å²) < 4.78 is 71.0. The van der Waals surface area contributed by atoms with Crippen LogP contribution in [0.1, 0.15) is 31.2 Å². The van der Waals surface area contributed by atoms with Crippen LogP contribution in [0, 0.1) is 18.3 Å². The fourth-order valence-corrected chi connectivity index (χ4v) is 6.67. The van der Waals surface area contributed by atoms with Crippen molar-refractivity contribution < 1.29 is 26.3 Å². The van der Waals surface area contributed by atoms with Crippen LogP contribution in [0.3, 0.4) is 0 Å². The first-order valence-electron chi connectivity index (χ1n) is 9.87. The SMILES string of the molecule is Cc1nc(C(F)(F)F)ccc1S(=O)(=O)N1CC2(CN(CC3CCOC(C)C3)C2)C1. The minimum absolute atomic E-state index is 0.0168. The second-order valence-corrected chi connectivity index (χ2v) is 10.7. The van der Waals surface area contributed by atoms with Crippen molar-refractivity contribution in [3.63, 3.8) is 0 Å². The molecule has 0 bridgehead atoms. The van der Waals surface area contributed by atoms with Crippen molar-refractivity contribution >= 4 is 10.0 Å². The van der Waals surface area contributed by atoms with E-state index in [1.54, 1.807) is 0 Å². The summed E-state index contributed by atoms with van der Waals surface area (Å²) in [5, 5.41) is 0. The van der Waals surface area contributed by atoms with Crippen molar-refractivity contribution in [2.24, 2.45) is 11.3 Å². The van der Waals surface area contributed by atoms with Crippen LogP contribution in [-0.4, -0.2) is 68.0 Å². The first kappa shape index (κ1) is 21.0. The van der Waals surface area contributed by atoms with E-state index >= 15 is 0 Å². The number of hydrogen-bond acceptors (Lipinski definition) is 5. The summed E-state index contributed by atoms with van der Waals surface area (Å²) in [6, 6.07) is 1.75. The van der Waals surface area contributed by atoms with Gasteiger partial charge >= 0.3 is 6.18 Å². The number of aromatic nitrogens is 1. The van der Waals surface area contributed by atoms with Crippen LogP contribution >= 0.6 is 0 Å². The smallest absolute Gasteiger partial charge is 0.378 e. The van der Waals surface area contributed by atoms with Crippen molar-refractivity contribution in [1.29, 1.82) is 0 Å². The number of pyridine rings is 1. The van der Waals surface area contributed by atoms with E-state index in [0.717, 1.165) is 51.2 Å². The number of likely N-dealkylation sites (tertiary alicyclic amines) is 1. The van der Waals surface area contributed by atoms with Gasteiger partial charge in [-0.1, -0.05) is 0 Å². The fourth-order valence-electron chi connectivity index (χ4n) is 4.84. The maximum Gasteiger partial charge on any atom is 0.433 e. The quantitative estimate of drug-likeness (QED) is 0.730. The molecule has 4 rings (SSSR count). The average Bonchev–Trinajstić information content (AvgIpc) is 2.54. The molecule has 2 atom stereocenters. The topological polar surface area (TPSA) is 62.7 Å². The molecule has 0 aliphatic carbocycles. The Bertz CT molecular complexity index is 876. The standard InChI is InChI=1S/C19H26F3N3O3S/c1-13-7-15(5-6-28-13)8-24-9-18(10-24)11-25(12-18)29(26,27)16-3-4-17(19(20,21)22)23-14(16)2/h3-4,13,15H,5-12H2,1-2H3. The third kappa shape index (κ3) is 4.04.